The molecular formula is C28H22ClFN2O. The molecule has 0 aliphatic rings. The van der Waals surface area contributed by atoms with Crippen molar-refractivity contribution in [2.24, 2.45) is 0 Å². The van der Waals surface area contributed by atoms with Gasteiger partial charge in [-0.25, -0.2) is 4.39 Å². The first kappa shape index (κ1) is 22.4. The van der Waals surface area contributed by atoms with Gasteiger partial charge in [-0.1, -0.05) is 41.9 Å². The molecule has 0 bridgehead atoms. The van der Waals surface area contributed by atoms with Crippen molar-refractivity contribution in [3.05, 3.63) is 118 Å². The van der Waals surface area contributed by atoms with Crippen LogP contribution in [-0.4, -0.2) is 4.57 Å². The van der Waals surface area contributed by atoms with E-state index in [1.807, 2.05) is 68.4 Å². The van der Waals surface area contributed by atoms with Gasteiger partial charge >= 0.3 is 0 Å². The summed E-state index contributed by atoms with van der Waals surface area (Å²) in [4.78, 5) is 0. The molecule has 5 heteroatoms. The van der Waals surface area contributed by atoms with Gasteiger partial charge in [0.25, 0.3) is 0 Å². The lowest BCUT2D eigenvalue weighted by Crippen LogP contribution is -2.00. The van der Waals surface area contributed by atoms with Crippen LogP contribution in [0, 0.1) is 31.0 Å². The molecule has 0 saturated carbocycles. The molecule has 0 amide bonds. The van der Waals surface area contributed by atoms with Crippen LogP contribution in [0.1, 0.15) is 28.1 Å². The van der Waals surface area contributed by atoms with Gasteiger partial charge in [0.1, 0.15) is 18.2 Å². The summed E-state index contributed by atoms with van der Waals surface area (Å²) in [6.07, 6.45) is 1.74. The number of rotatable bonds is 6. The molecule has 1 aromatic heterocycles. The van der Waals surface area contributed by atoms with Crippen LogP contribution in [0.25, 0.3) is 17.3 Å². The van der Waals surface area contributed by atoms with E-state index in [1.165, 1.54) is 6.07 Å². The molecule has 0 aliphatic carbocycles. The Hall–Kier alpha value is -3.81. The Kier molecular flexibility index (Phi) is 6.63. The number of allylic oxidation sites excluding steroid dienone is 1. The summed E-state index contributed by atoms with van der Waals surface area (Å²) in [6.45, 7) is 4.45. The highest BCUT2D eigenvalue weighted by Gasteiger charge is 2.13. The zero-order valence-corrected chi connectivity index (χ0v) is 19.1. The van der Waals surface area contributed by atoms with E-state index in [4.69, 9.17) is 16.3 Å². The minimum Gasteiger partial charge on any atom is -0.489 e. The van der Waals surface area contributed by atoms with E-state index in [0.29, 0.717) is 22.8 Å². The Labute approximate surface area is 197 Å². The first-order valence-electron chi connectivity index (χ1n) is 10.5. The maximum Gasteiger partial charge on any atom is 0.131 e. The lowest BCUT2D eigenvalue weighted by molar-refractivity contribution is 0.306. The van der Waals surface area contributed by atoms with Crippen molar-refractivity contribution in [2.45, 2.75) is 20.5 Å². The van der Waals surface area contributed by atoms with Crippen molar-refractivity contribution in [1.82, 2.24) is 4.57 Å². The first-order chi connectivity index (χ1) is 16.0. The van der Waals surface area contributed by atoms with Gasteiger partial charge in [-0.05, 0) is 79.6 Å². The number of nitriles is 1. The van der Waals surface area contributed by atoms with Crippen LogP contribution in [-0.2, 0) is 6.61 Å². The zero-order chi connectivity index (χ0) is 23.4. The Morgan fingerprint density at radius 2 is 1.73 bits per heavy atom. The van der Waals surface area contributed by atoms with E-state index >= 15 is 0 Å². The molecule has 0 aliphatic heterocycles. The third-order valence-corrected chi connectivity index (χ3v) is 5.72. The molecule has 4 aromatic rings. The van der Waals surface area contributed by atoms with E-state index in [1.54, 1.807) is 24.3 Å². The van der Waals surface area contributed by atoms with Crippen LogP contribution in [0.5, 0.6) is 5.75 Å². The van der Waals surface area contributed by atoms with E-state index in [0.717, 1.165) is 34.0 Å². The second-order valence-corrected chi connectivity index (χ2v) is 8.16. The molecule has 3 aromatic carbocycles. The Balaban J connectivity index is 1.57. The molecule has 3 nitrogen and oxygen atoms in total. The van der Waals surface area contributed by atoms with Gasteiger partial charge in [0.05, 0.1) is 11.6 Å². The highest BCUT2D eigenvalue weighted by atomic mass is 35.5. The molecule has 164 valence electrons. The maximum absolute atomic E-state index is 14.2. The van der Waals surface area contributed by atoms with Gasteiger partial charge in [-0.15, -0.1) is 0 Å². The fraction of sp³-hybridized carbons (Fsp3) is 0.107. The van der Waals surface area contributed by atoms with Crippen LogP contribution in [0.2, 0.25) is 5.02 Å². The van der Waals surface area contributed by atoms with Crippen molar-refractivity contribution >= 4 is 23.3 Å². The molecule has 0 fully saturated rings. The van der Waals surface area contributed by atoms with Crippen LogP contribution < -0.4 is 4.74 Å². The predicted octanol–water partition coefficient (Wildman–Crippen LogP) is 7.53. The average Bonchev–Trinajstić information content (AvgIpc) is 3.10. The lowest BCUT2D eigenvalue weighted by Gasteiger charge is -2.12. The third kappa shape index (κ3) is 5.00. The molecule has 1 heterocycles. The SMILES string of the molecule is Cc1cc(C=C(C#N)c2ccccc2F)c(C)n1-c1ccc(OCc2ccc(Cl)cc2)cc1. The molecule has 0 N–H and O–H groups in total. The summed E-state index contributed by atoms with van der Waals surface area (Å²) in [7, 11) is 0. The fourth-order valence-corrected chi connectivity index (χ4v) is 3.90. The average molecular weight is 457 g/mol. The summed E-state index contributed by atoms with van der Waals surface area (Å²) in [5.41, 5.74) is 5.46. The number of hydrogen-bond donors (Lipinski definition) is 0. The first-order valence-corrected chi connectivity index (χ1v) is 10.9. The van der Waals surface area contributed by atoms with Crippen LogP contribution in [0.15, 0.2) is 78.9 Å². The molecule has 0 unspecified atom stereocenters. The summed E-state index contributed by atoms with van der Waals surface area (Å²) in [6, 6.07) is 25.9. The standard InChI is InChI=1S/C28H22ClFN2O/c1-19-15-22(16-23(17-31)27-5-3-4-6-28(27)30)20(2)32(19)25-11-13-26(14-12-25)33-18-21-7-9-24(29)10-8-21/h3-16H,18H2,1-2H3. The van der Waals surface area contributed by atoms with Gasteiger partial charge in [-0.2, -0.15) is 5.26 Å². The van der Waals surface area contributed by atoms with E-state index < -0.39 is 5.82 Å². The number of halogens is 2. The molecule has 33 heavy (non-hydrogen) atoms. The fourth-order valence-electron chi connectivity index (χ4n) is 3.78. The highest BCUT2D eigenvalue weighted by Crippen LogP contribution is 2.27. The van der Waals surface area contributed by atoms with Crippen LogP contribution in [0.3, 0.4) is 0 Å². The van der Waals surface area contributed by atoms with E-state index in [2.05, 4.69) is 10.6 Å². The van der Waals surface area contributed by atoms with Gasteiger partial charge in [0.15, 0.2) is 0 Å². The highest BCUT2D eigenvalue weighted by molar-refractivity contribution is 6.30. The number of aryl methyl sites for hydroxylation is 1. The topological polar surface area (TPSA) is 38.0 Å². The monoisotopic (exact) mass is 456 g/mol. The normalized spacial score (nSPS) is 11.3. The molecule has 4 rings (SSSR count). The summed E-state index contributed by atoms with van der Waals surface area (Å²) < 4.78 is 22.2. The third-order valence-electron chi connectivity index (χ3n) is 5.47. The summed E-state index contributed by atoms with van der Waals surface area (Å²) >= 11 is 5.93. The summed E-state index contributed by atoms with van der Waals surface area (Å²) in [5.74, 6) is 0.357. The quantitative estimate of drug-likeness (QED) is 0.281. The minimum absolute atomic E-state index is 0.291. The van der Waals surface area contributed by atoms with Crippen molar-refractivity contribution < 1.29 is 9.13 Å². The van der Waals surface area contributed by atoms with Gasteiger partial charge in [0, 0.05) is 27.7 Å². The van der Waals surface area contributed by atoms with E-state index in [9.17, 15) is 9.65 Å². The molecule has 0 atom stereocenters. The van der Waals surface area contributed by atoms with Crippen LogP contribution >= 0.6 is 11.6 Å². The molecule has 0 spiro atoms. The number of nitrogens with zero attached hydrogens (tertiary/aromatic N) is 2. The smallest absolute Gasteiger partial charge is 0.131 e. The second-order valence-electron chi connectivity index (χ2n) is 7.72. The largest absolute Gasteiger partial charge is 0.489 e. The number of benzene rings is 3. The van der Waals surface area contributed by atoms with Gasteiger partial charge in [-0.3, -0.25) is 0 Å². The Bertz CT molecular complexity index is 1350. The van der Waals surface area contributed by atoms with Crippen molar-refractivity contribution in [3.8, 4) is 17.5 Å². The van der Waals surface area contributed by atoms with Crippen molar-refractivity contribution in [1.29, 1.82) is 5.26 Å². The lowest BCUT2D eigenvalue weighted by atomic mass is 10.0. The van der Waals surface area contributed by atoms with Crippen molar-refractivity contribution in [3.63, 3.8) is 0 Å². The summed E-state index contributed by atoms with van der Waals surface area (Å²) in [5, 5.41) is 10.3. The van der Waals surface area contributed by atoms with Crippen LogP contribution in [0.4, 0.5) is 4.39 Å². The van der Waals surface area contributed by atoms with Gasteiger partial charge < -0.3 is 9.30 Å². The Morgan fingerprint density at radius 3 is 2.39 bits per heavy atom. The van der Waals surface area contributed by atoms with Gasteiger partial charge in [0.2, 0.25) is 0 Å². The molecule has 0 saturated heterocycles. The van der Waals surface area contributed by atoms with E-state index in [-0.39, 0.29) is 0 Å². The predicted molar refractivity (Wildman–Crippen MR) is 131 cm³/mol. The maximum atomic E-state index is 14.2. The number of aromatic nitrogens is 1. The molecular weight excluding hydrogens is 435 g/mol. The number of ether oxygens (including phenoxy) is 1. The van der Waals surface area contributed by atoms with Crippen molar-refractivity contribution in [2.75, 3.05) is 0 Å². The minimum atomic E-state index is -0.409. The molecule has 0 radical (unpaired) electrons. The number of hydrogen-bond acceptors (Lipinski definition) is 2. The Morgan fingerprint density at radius 1 is 1.03 bits per heavy atom. The zero-order valence-electron chi connectivity index (χ0n) is 18.3. The second kappa shape index (κ2) is 9.77.